The molecule has 0 aliphatic heterocycles. The summed E-state index contributed by atoms with van der Waals surface area (Å²) in [6.45, 7) is 7.09. The van der Waals surface area contributed by atoms with Gasteiger partial charge in [0.25, 0.3) is 0 Å². The van der Waals surface area contributed by atoms with E-state index >= 15 is 0 Å². The molecule has 0 saturated carbocycles. The molecule has 0 aliphatic carbocycles. The summed E-state index contributed by atoms with van der Waals surface area (Å²) in [7, 11) is 1.91. The molecule has 0 spiro atoms. The van der Waals surface area contributed by atoms with Crippen molar-refractivity contribution in [2.75, 3.05) is 7.05 Å². The van der Waals surface area contributed by atoms with E-state index in [1.807, 2.05) is 33.9 Å². The maximum absolute atomic E-state index is 5.91. The molecule has 5 nitrogen and oxygen atoms in total. The zero-order valence-corrected chi connectivity index (χ0v) is 14.3. The van der Waals surface area contributed by atoms with Crippen LogP contribution in [0.2, 0.25) is 0 Å². The van der Waals surface area contributed by atoms with Gasteiger partial charge in [-0.25, -0.2) is 0 Å². The Balaban J connectivity index is 2.14. The minimum atomic E-state index is 0.223. The van der Waals surface area contributed by atoms with Crippen molar-refractivity contribution in [2.24, 2.45) is 0 Å². The highest BCUT2D eigenvalue weighted by atomic mass is 79.9. The zero-order chi connectivity index (χ0) is 15.4. The van der Waals surface area contributed by atoms with Crippen LogP contribution in [0.4, 0.5) is 0 Å². The van der Waals surface area contributed by atoms with Gasteiger partial charge in [-0.05, 0) is 31.7 Å². The lowest BCUT2D eigenvalue weighted by atomic mass is 10.1. The van der Waals surface area contributed by atoms with Gasteiger partial charge in [-0.1, -0.05) is 34.9 Å². The Morgan fingerprint density at radius 3 is 2.76 bits per heavy atom. The molecule has 0 bridgehead atoms. The third-order valence-electron chi connectivity index (χ3n) is 3.01. The molecule has 0 atom stereocenters. The predicted octanol–water partition coefficient (Wildman–Crippen LogP) is 3.56. The highest BCUT2D eigenvalue weighted by molar-refractivity contribution is 9.10. The summed E-state index contributed by atoms with van der Waals surface area (Å²) in [5.41, 5.74) is 2.17. The van der Waals surface area contributed by atoms with E-state index in [0.29, 0.717) is 18.3 Å². The van der Waals surface area contributed by atoms with Crippen LogP contribution in [0.25, 0.3) is 0 Å². The quantitative estimate of drug-likeness (QED) is 0.860. The van der Waals surface area contributed by atoms with Crippen LogP contribution in [0.15, 0.2) is 21.1 Å². The molecular weight excluding hydrogens is 334 g/mol. The van der Waals surface area contributed by atoms with Gasteiger partial charge in [-0.2, -0.15) is 4.98 Å². The van der Waals surface area contributed by atoms with Crippen LogP contribution in [-0.4, -0.2) is 17.2 Å². The van der Waals surface area contributed by atoms with Gasteiger partial charge in [0.1, 0.15) is 5.75 Å². The smallest absolute Gasteiger partial charge is 0.229 e. The maximum Gasteiger partial charge on any atom is 0.229 e. The largest absolute Gasteiger partial charge is 0.485 e. The average Bonchev–Trinajstić information content (AvgIpc) is 2.87. The number of halogens is 1. The lowest BCUT2D eigenvalue weighted by molar-refractivity contribution is 0.279. The van der Waals surface area contributed by atoms with Crippen LogP contribution in [0.1, 0.15) is 42.6 Å². The minimum absolute atomic E-state index is 0.223. The SMILES string of the molecule is CNCc1cc(Br)cc(C)c1OCc1noc(C(C)C)n1. The van der Waals surface area contributed by atoms with Gasteiger partial charge < -0.3 is 14.6 Å². The first-order valence-corrected chi connectivity index (χ1v) is 7.69. The molecule has 0 radical (unpaired) electrons. The summed E-state index contributed by atoms with van der Waals surface area (Å²) in [6, 6.07) is 4.08. The van der Waals surface area contributed by atoms with E-state index in [1.165, 1.54) is 0 Å². The number of benzene rings is 1. The summed E-state index contributed by atoms with van der Waals surface area (Å²) < 4.78 is 12.1. The molecule has 1 aromatic heterocycles. The van der Waals surface area contributed by atoms with Gasteiger partial charge in [-0.3, -0.25) is 0 Å². The fraction of sp³-hybridized carbons (Fsp3) is 0.467. The first-order chi connectivity index (χ1) is 10.0. The van der Waals surface area contributed by atoms with Crippen LogP contribution in [0.5, 0.6) is 5.75 Å². The van der Waals surface area contributed by atoms with Gasteiger partial charge in [0, 0.05) is 22.5 Å². The first-order valence-electron chi connectivity index (χ1n) is 6.90. The molecule has 21 heavy (non-hydrogen) atoms. The second-order valence-electron chi connectivity index (χ2n) is 5.23. The Bertz CT molecular complexity index is 611. The second-order valence-corrected chi connectivity index (χ2v) is 6.15. The molecule has 1 heterocycles. The second kappa shape index (κ2) is 7.04. The third kappa shape index (κ3) is 4.04. The van der Waals surface area contributed by atoms with E-state index in [-0.39, 0.29) is 5.92 Å². The van der Waals surface area contributed by atoms with Gasteiger partial charge in [0.15, 0.2) is 6.61 Å². The number of aromatic nitrogens is 2. The Hall–Kier alpha value is -1.40. The van der Waals surface area contributed by atoms with Crippen LogP contribution in [0.3, 0.4) is 0 Å². The highest BCUT2D eigenvalue weighted by Gasteiger charge is 2.13. The van der Waals surface area contributed by atoms with Crippen molar-refractivity contribution >= 4 is 15.9 Å². The monoisotopic (exact) mass is 353 g/mol. The van der Waals surface area contributed by atoms with Crippen molar-refractivity contribution in [3.8, 4) is 5.75 Å². The third-order valence-corrected chi connectivity index (χ3v) is 3.46. The molecule has 0 aliphatic rings. The van der Waals surface area contributed by atoms with E-state index in [2.05, 4.69) is 37.5 Å². The summed E-state index contributed by atoms with van der Waals surface area (Å²) >= 11 is 3.51. The van der Waals surface area contributed by atoms with Crippen molar-refractivity contribution < 1.29 is 9.26 Å². The van der Waals surface area contributed by atoms with Gasteiger partial charge in [0.2, 0.25) is 11.7 Å². The maximum atomic E-state index is 5.91. The average molecular weight is 354 g/mol. The number of hydrogen-bond donors (Lipinski definition) is 1. The molecule has 1 N–H and O–H groups in total. The van der Waals surface area contributed by atoms with E-state index < -0.39 is 0 Å². The number of rotatable bonds is 6. The van der Waals surface area contributed by atoms with Crippen molar-refractivity contribution in [1.82, 2.24) is 15.5 Å². The number of hydrogen-bond acceptors (Lipinski definition) is 5. The Kier molecular flexibility index (Phi) is 5.36. The molecular formula is C15H20BrN3O2. The molecule has 0 fully saturated rings. The van der Waals surface area contributed by atoms with Crippen LogP contribution >= 0.6 is 15.9 Å². The zero-order valence-electron chi connectivity index (χ0n) is 12.7. The van der Waals surface area contributed by atoms with Crippen molar-refractivity contribution in [2.45, 2.75) is 39.8 Å². The van der Waals surface area contributed by atoms with Crippen molar-refractivity contribution in [1.29, 1.82) is 0 Å². The molecule has 2 aromatic rings. The Morgan fingerprint density at radius 2 is 2.14 bits per heavy atom. The lowest BCUT2D eigenvalue weighted by Crippen LogP contribution is -2.09. The standard InChI is InChI=1S/C15H20BrN3O2/c1-9(2)15-18-13(19-21-15)8-20-14-10(3)5-12(16)6-11(14)7-17-4/h5-6,9,17H,7-8H2,1-4H3. The van der Waals surface area contributed by atoms with E-state index in [9.17, 15) is 0 Å². The summed E-state index contributed by atoms with van der Waals surface area (Å²) in [4.78, 5) is 4.32. The van der Waals surface area contributed by atoms with Crippen LogP contribution < -0.4 is 10.1 Å². The molecule has 0 saturated heterocycles. The summed E-state index contributed by atoms with van der Waals surface area (Å²) in [5.74, 6) is 2.29. The molecule has 0 unspecified atom stereocenters. The Labute approximate surface area is 133 Å². The summed E-state index contributed by atoms with van der Waals surface area (Å²) in [6.07, 6.45) is 0. The number of aryl methyl sites for hydroxylation is 1. The van der Waals surface area contributed by atoms with Gasteiger partial charge in [0.05, 0.1) is 0 Å². The summed E-state index contributed by atoms with van der Waals surface area (Å²) in [5, 5.41) is 7.08. The molecule has 0 amide bonds. The van der Waals surface area contributed by atoms with Crippen LogP contribution in [-0.2, 0) is 13.2 Å². The number of nitrogens with one attached hydrogen (secondary N) is 1. The molecule has 1 aromatic carbocycles. The van der Waals surface area contributed by atoms with Gasteiger partial charge in [-0.15, -0.1) is 0 Å². The molecule has 6 heteroatoms. The van der Waals surface area contributed by atoms with Crippen molar-refractivity contribution in [3.63, 3.8) is 0 Å². The van der Waals surface area contributed by atoms with E-state index in [0.717, 1.165) is 27.9 Å². The topological polar surface area (TPSA) is 60.2 Å². The Morgan fingerprint density at radius 1 is 1.38 bits per heavy atom. The van der Waals surface area contributed by atoms with Crippen molar-refractivity contribution in [3.05, 3.63) is 39.4 Å². The normalized spacial score (nSPS) is 11.1. The fourth-order valence-corrected chi connectivity index (χ4v) is 2.64. The lowest BCUT2D eigenvalue weighted by Gasteiger charge is -2.13. The first kappa shape index (κ1) is 16.0. The molecule has 2 rings (SSSR count). The fourth-order valence-electron chi connectivity index (χ4n) is 2.02. The predicted molar refractivity (Wildman–Crippen MR) is 84.4 cm³/mol. The molecule has 114 valence electrons. The number of nitrogens with zero attached hydrogens (tertiary/aromatic N) is 2. The minimum Gasteiger partial charge on any atom is -0.485 e. The van der Waals surface area contributed by atoms with E-state index in [4.69, 9.17) is 9.26 Å². The highest BCUT2D eigenvalue weighted by Crippen LogP contribution is 2.28. The van der Waals surface area contributed by atoms with Gasteiger partial charge >= 0.3 is 0 Å². The van der Waals surface area contributed by atoms with E-state index in [1.54, 1.807) is 0 Å². The van der Waals surface area contributed by atoms with Crippen LogP contribution in [0, 0.1) is 6.92 Å². The number of ether oxygens (including phenoxy) is 1.